The summed E-state index contributed by atoms with van der Waals surface area (Å²) >= 11 is 0. The third-order valence-corrected chi connectivity index (χ3v) is 4.42. The Labute approximate surface area is 114 Å². The molecule has 104 valence electrons. The first kappa shape index (κ1) is 14.2. The van der Waals surface area contributed by atoms with Crippen molar-refractivity contribution in [2.24, 2.45) is 0 Å². The predicted molar refractivity (Wildman–Crippen MR) is 75.8 cm³/mol. The van der Waals surface area contributed by atoms with Crippen LogP contribution in [0.3, 0.4) is 0 Å². The fourth-order valence-corrected chi connectivity index (χ4v) is 3.31. The summed E-state index contributed by atoms with van der Waals surface area (Å²) in [6.45, 7) is 0. The molecule has 0 amide bonds. The van der Waals surface area contributed by atoms with Crippen LogP contribution in [0.1, 0.15) is 31.2 Å². The SMILES string of the molecule is O=S(=O)(/C=C/c1ccccc1)NC1CCC(O)CC1. The van der Waals surface area contributed by atoms with Gasteiger partial charge in [0.05, 0.1) is 6.10 Å². The van der Waals surface area contributed by atoms with Crippen LogP contribution in [0.4, 0.5) is 0 Å². The average Bonchev–Trinajstić information content (AvgIpc) is 2.40. The van der Waals surface area contributed by atoms with Crippen LogP contribution in [0.2, 0.25) is 0 Å². The van der Waals surface area contributed by atoms with E-state index >= 15 is 0 Å². The van der Waals surface area contributed by atoms with E-state index in [0.29, 0.717) is 25.7 Å². The van der Waals surface area contributed by atoms with Gasteiger partial charge >= 0.3 is 0 Å². The topological polar surface area (TPSA) is 66.4 Å². The van der Waals surface area contributed by atoms with Gasteiger partial charge < -0.3 is 5.11 Å². The van der Waals surface area contributed by atoms with E-state index in [1.165, 1.54) is 5.41 Å². The van der Waals surface area contributed by atoms with Crippen molar-refractivity contribution in [1.29, 1.82) is 0 Å². The summed E-state index contributed by atoms with van der Waals surface area (Å²) in [7, 11) is -3.41. The summed E-state index contributed by atoms with van der Waals surface area (Å²) in [6.07, 6.45) is 4.02. The largest absolute Gasteiger partial charge is 0.393 e. The maximum atomic E-state index is 11.9. The maximum Gasteiger partial charge on any atom is 0.233 e. The molecule has 2 rings (SSSR count). The molecule has 0 saturated heterocycles. The van der Waals surface area contributed by atoms with Gasteiger partial charge in [0.15, 0.2) is 0 Å². The number of hydrogen-bond acceptors (Lipinski definition) is 3. The summed E-state index contributed by atoms with van der Waals surface area (Å²) in [6, 6.07) is 9.25. The number of sulfonamides is 1. The van der Waals surface area contributed by atoms with E-state index in [0.717, 1.165) is 5.56 Å². The van der Waals surface area contributed by atoms with Crippen LogP contribution in [0.5, 0.6) is 0 Å². The van der Waals surface area contributed by atoms with Crippen molar-refractivity contribution >= 4 is 16.1 Å². The molecule has 1 saturated carbocycles. The zero-order valence-corrected chi connectivity index (χ0v) is 11.5. The van der Waals surface area contributed by atoms with E-state index in [9.17, 15) is 13.5 Å². The van der Waals surface area contributed by atoms with E-state index in [4.69, 9.17) is 0 Å². The number of hydrogen-bond donors (Lipinski definition) is 2. The zero-order valence-electron chi connectivity index (χ0n) is 10.7. The molecule has 0 unspecified atom stereocenters. The standard InChI is InChI=1S/C14H19NO3S/c16-14-8-6-13(7-9-14)15-19(17,18)11-10-12-4-2-1-3-5-12/h1-5,10-11,13-16H,6-9H2/b11-10+. The highest BCUT2D eigenvalue weighted by Crippen LogP contribution is 2.19. The first-order valence-corrected chi connectivity index (χ1v) is 8.03. The molecule has 19 heavy (non-hydrogen) atoms. The van der Waals surface area contributed by atoms with Crippen LogP contribution >= 0.6 is 0 Å². The van der Waals surface area contributed by atoms with Crippen LogP contribution < -0.4 is 4.72 Å². The highest BCUT2D eigenvalue weighted by atomic mass is 32.2. The number of aliphatic hydroxyl groups is 1. The van der Waals surface area contributed by atoms with Crippen molar-refractivity contribution < 1.29 is 13.5 Å². The zero-order chi connectivity index (χ0) is 13.7. The number of benzene rings is 1. The molecule has 1 aliphatic rings. The van der Waals surface area contributed by atoms with Crippen LogP contribution in [0, 0.1) is 0 Å². The van der Waals surface area contributed by atoms with E-state index in [-0.39, 0.29) is 12.1 Å². The lowest BCUT2D eigenvalue weighted by atomic mass is 9.94. The summed E-state index contributed by atoms with van der Waals surface area (Å²) in [5.41, 5.74) is 0.854. The molecule has 0 radical (unpaired) electrons. The Morgan fingerprint density at radius 1 is 1.11 bits per heavy atom. The number of aliphatic hydroxyl groups excluding tert-OH is 1. The van der Waals surface area contributed by atoms with Crippen molar-refractivity contribution in [3.8, 4) is 0 Å². The summed E-state index contributed by atoms with van der Waals surface area (Å²) < 4.78 is 26.4. The Balaban J connectivity index is 1.94. The number of rotatable bonds is 4. The van der Waals surface area contributed by atoms with Crippen molar-refractivity contribution in [1.82, 2.24) is 4.72 Å². The minimum absolute atomic E-state index is 0.0613. The highest BCUT2D eigenvalue weighted by molar-refractivity contribution is 7.92. The van der Waals surface area contributed by atoms with Crippen molar-refractivity contribution in [3.63, 3.8) is 0 Å². The predicted octanol–water partition coefficient (Wildman–Crippen LogP) is 1.88. The van der Waals surface area contributed by atoms with Gasteiger partial charge in [0, 0.05) is 11.4 Å². The van der Waals surface area contributed by atoms with Crippen LogP contribution in [0.25, 0.3) is 6.08 Å². The maximum absolute atomic E-state index is 11.9. The molecule has 2 N–H and O–H groups in total. The summed E-state index contributed by atoms with van der Waals surface area (Å²) in [4.78, 5) is 0. The normalized spacial score (nSPS) is 24.7. The van der Waals surface area contributed by atoms with Gasteiger partial charge in [0.1, 0.15) is 0 Å². The van der Waals surface area contributed by atoms with Gasteiger partial charge in [-0.15, -0.1) is 0 Å². The molecule has 0 aromatic heterocycles. The summed E-state index contributed by atoms with van der Waals surface area (Å²) in [5.74, 6) is 0. The van der Waals surface area contributed by atoms with Crippen LogP contribution in [0.15, 0.2) is 35.7 Å². The molecule has 0 spiro atoms. The Hall–Kier alpha value is -1.17. The van der Waals surface area contributed by atoms with Crippen LogP contribution in [-0.4, -0.2) is 25.7 Å². The molecular formula is C14H19NO3S. The number of nitrogens with one attached hydrogen (secondary N) is 1. The molecule has 4 nitrogen and oxygen atoms in total. The second-order valence-electron chi connectivity index (χ2n) is 4.88. The van der Waals surface area contributed by atoms with E-state index in [1.54, 1.807) is 6.08 Å². The minimum Gasteiger partial charge on any atom is -0.393 e. The highest BCUT2D eigenvalue weighted by Gasteiger charge is 2.22. The van der Waals surface area contributed by atoms with E-state index in [2.05, 4.69) is 4.72 Å². The van der Waals surface area contributed by atoms with Gasteiger partial charge in [-0.05, 0) is 37.3 Å². The van der Waals surface area contributed by atoms with Crippen molar-refractivity contribution in [2.75, 3.05) is 0 Å². The van der Waals surface area contributed by atoms with Crippen molar-refractivity contribution in [3.05, 3.63) is 41.3 Å². The first-order chi connectivity index (χ1) is 9.05. The monoisotopic (exact) mass is 281 g/mol. The quantitative estimate of drug-likeness (QED) is 0.885. The van der Waals surface area contributed by atoms with Gasteiger partial charge in [0.25, 0.3) is 0 Å². The lowest BCUT2D eigenvalue weighted by Gasteiger charge is -2.25. The Morgan fingerprint density at radius 2 is 1.74 bits per heavy atom. The molecule has 1 aromatic rings. The second-order valence-corrected chi connectivity index (χ2v) is 6.48. The minimum atomic E-state index is -3.41. The molecule has 5 heteroatoms. The lowest BCUT2D eigenvalue weighted by molar-refractivity contribution is 0.121. The summed E-state index contributed by atoms with van der Waals surface area (Å²) in [5, 5.41) is 10.6. The molecule has 0 atom stereocenters. The fourth-order valence-electron chi connectivity index (χ4n) is 2.20. The van der Waals surface area contributed by atoms with Gasteiger partial charge in [-0.25, -0.2) is 13.1 Å². The average molecular weight is 281 g/mol. The van der Waals surface area contributed by atoms with E-state index in [1.807, 2.05) is 30.3 Å². The van der Waals surface area contributed by atoms with Gasteiger partial charge in [-0.1, -0.05) is 30.3 Å². The van der Waals surface area contributed by atoms with Gasteiger partial charge in [-0.2, -0.15) is 0 Å². The Kier molecular flexibility index (Phi) is 4.74. The lowest BCUT2D eigenvalue weighted by Crippen LogP contribution is -2.37. The molecule has 0 heterocycles. The first-order valence-electron chi connectivity index (χ1n) is 6.49. The molecule has 0 aliphatic heterocycles. The third-order valence-electron chi connectivity index (χ3n) is 3.27. The smallest absolute Gasteiger partial charge is 0.233 e. The third kappa shape index (κ3) is 4.78. The van der Waals surface area contributed by atoms with Gasteiger partial charge in [-0.3, -0.25) is 0 Å². The molecule has 1 fully saturated rings. The molecule has 1 aliphatic carbocycles. The molecular weight excluding hydrogens is 262 g/mol. The Bertz CT molecular complexity index is 517. The molecule has 1 aromatic carbocycles. The Morgan fingerprint density at radius 3 is 2.37 bits per heavy atom. The second kappa shape index (κ2) is 6.32. The van der Waals surface area contributed by atoms with E-state index < -0.39 is 10.0 Å². The fraction of sp³-hybridized carbons (Fsp3) is 0.429. The van der Waals surface area contributed by atoms with Crippen molar-refractivity contribution in [2.45, 2.75) is 37.8 Å². The molecule has 0 bridgehead atoms. The van der Waals surface area contributed by atoms with Crippen LogP contribution in [-0.2, 0) is 10.0 Å². The van der Waals surface area contributed by atoms with Gasteiger partial charge in [0.2, 0.25) is 10.0 Å².